The topological polar surface area (TPSA) is 166 Å². The Hall–Kier alpha value is -3.44. The molecule has 1 aliphatic rings. The van der Waals surface area contributed by atoms with E-state index in [0.29, 0.717) is 28.2 Å². The van der Waals surface area contributed by atoms with E-state index in [0.717, 1.165) is 0 Å². The van der Waals surface area contributed by atoms with Crippen LogP contribution < -0.4 is 20.7 Å². The average molecular weight is 446 g/mol. The fourth-order valence-electron chi connectivity index (χ4n) is 3.17. The molecule has 10 nitrogen and oxygen atoms in total. The van der Waals surface area contributed by atoms with E-state index in [1.807, 2.05) is 0 Å². The number of anilines is 3. The summed E-state index contributed by atoms with van der Waals surface area (Å²) in [6, 6.07) is 11.2. The van der Waals surface area contributed by atoms with Crippen molar-refractivity contribution < 1.29 is 23.1 Å². The first-order valence-electron chi connectivity index (χ1n) is 9.47. The van der Waals surface area contributed by atoms with E-state index in [-0.39, 0.29) is 49.4 Å². The number of hydrogen-bond donors (Lipinski definition) is 5. The van der Waals surface area contributed by atoms with Gasteiger partial charge in [0.2, 0.25) is 21.8 Å². The maximum Gasteiger partial charge on any atom is 0.237 e. The van der Waals surface area contributed by atoms with Gasteiger partial charge in [-0.25, -0.2) is 8.42 Å². The lowest BCUT2D eigenvalue weighted by atomic mass is 10.1. The quantitative estimate of drug-likeness (QED) is 0.300. The highest BCUT2D eigenvalue weighted by atomic mass is 32.2. The zero-order valence-corrected chi connectivity index (χ0v) is 17.4. The number of amides is 2. The van der Waals surface area contributed by atoms with Crippen LogP contribution in [0.25, 0.3) is 0 Å². The van der Waals surface area contributed by atoms with E-state index in [2.05, 4.69) is 10.0 Å². The van der Waals surface area contributed by atoms with Crippen molar-refractivity contribution in [2.45, 2.75) is 18.6 Å². The molecular formula is C20H23N5O5S. The lowest BCUT2D eigenvalue weighted by molar-refractivity contribution is -0.122. The third-order valence-corrected chi connectivity index (χ3v) is 5.91. The highest BCUT2D eigenvalue weighted by molar-refractivity contribution is 7.92. The molecule has 0 bridgehead atoms. The number of sulfonamides is 1. The second-order valence-corrected chi connectivity index (χ2v) is 8.73. The third-order valence-electron chi connectivity index (χ3n) is 4.69. The molecule has 0 unspecified atom stereocenters. The van der Waals surface area contributed by atoms with E-state index in [4.69, 9.17) is 11.1 Å². The number of benzene rings is 2. The van der Waals surface area contributed by atoms with Crippen LogP contribution in [0.15, 0.2) is 42.5 Å². The van der Waals surface area contributed by atoms with E-state index in [1.165, 1.54) is 4.90 Å². The molecule has 2 aromatic carbocycles. The van der Waals surface area contributed by atoms with Gasteiger partial charge in [-0.05, 0) is 42.0 Å². The van der Waals surface area contributed by atoms with Gasteiger partial charge < -0.3 is 21.1 Å². The van der Waals surface area contributed by atoms with Gasteiger partial charge in [0, 0.05) is 36.3 Å². The minimum absolute atomic E-state index is 0.0124. The Kier molecular flexibility index (Phi) is 6.56. The highest BCUT2D eigenvalue weighted by Crippen LogP contribution is 2.31. The first kappa shape index (κ1) is 22.2. The van der Waals surface area contributed by atoms with Crippen LogP contribution >= 0.6 is 0 Å². The van der Waals surface area contributed by atoms with Crippen LogP contribution in [0.1, 0.15) is 24.0 Å². The number of amidine groups is 1. The van der Waals surface area contributed by atoms with Crippen molar-refractivity contribution in [3.63, 3.8) is 0 Å². The van der Waals surface area contributed by atoms with E-state index < -0.39 is 10.0 Å². The van der Waals surface area contributed by atoms with Crippen molar-refractivity contribution >= 4 is 44.7 Å². The molecule has 2 amide bonds. The van der Waals surface area contributed by atoms with Crippen LogP contribution in [-0.4, -0.2) is 44.3 Å². The highest BCUT2D eigenvalue weighted by Gasteiger charge is 2.25. The summed E-state index contributed by atoms with van der Waals surface area (Å²) in [5.41, 5.74) is 7.88. The number of nitrogen functional groups attached to an aromatic ring is 1. The van der Waals surface area contributed by atoms with Crippen LogP contribution in [0.5, 0.6) is 0 Å². The van der Waals surface area contributed by atoms with Crippen LogP contribution in [0.2, 0.25) is 0 Å². The molecule has 0 aromatic heterocycles. The molecule has 164 valence electrons. The minimum Gasteiger partial charge on any atom is -0.395 e. The number of rotatable bonds is 8. The van der Waals surface area contributed by atoms with Gasteiger partial charge >= 0.3 is 0 Å². The summed E-state index contributed by atoms with van der Waals surface area (Å²) in [6.45, 7) is -0.276. The van der Waals surface area contributed by atoms with E-state index >= 15 is 0 Å². The molecule has 0 spiro atoms. The Bertz CT molecular complexity index is 1120. The number of fused-ring (bicyclic) bond motifs is 1. The van der Waals surface area contributed by atoms with E-state index in [9.17, 15) is 23.1 Å². The number of aliphatic hydroxyl groups excluding tert-OH is 1. The molecular weight excluding hydrogens is 422 g/mol. The number of nitrogens with two attached hydrogens (primary N) is 1. The fraction of sp³-hybridized carbons (Fsp3) is 0.250. The molecule has 0 saturated carbocycles. The van der Waals surface area contributed by atoms with Gasteiger partial charge in [0.15, 0.2) is 0 Å². The second kappa shape index (κ2) is 9.14. The Balaban J connectivity index is 1.62. The number of carbonyl (C=O) groups excluding carboxylic acids is 2. The van der Waals surface area contributed by atoms with Crippen molar-refractivity contribution in [1.29, 1.82) is 5.41 Å². The fourth-order valence-corrected chi connectivity index (χ4v) is 4.43. The zero-order chi connectivity index (χ0) is 22.6. The summed E-state index contributed by atoms with van der Waals surface area (Å²) in [6.07, 6.45) is -0.174. The third kappa shape index (κ3) is 5.58. The van der Waals surface area contributed by atoms with Crippen LogP contribution in [0.3, 0.4) is 0 Å². The molecule has 0 fully saturated rings. The lowest BCUT2D eigenvalue weighted by Crippen LogP contribution is -2.34. The number of hydrogen-bond acceptors (Lipinski definition) is 6. The van der Waals surface area contributed by atoms with Crippen molar-refractivity contribution in [3.8, 4) is 0 Å². The summed E-state index contributed by atoms with van der Waals surface area (Å²) in [7, 11) is -3.41. The second-order valence-electron chi connectivity index (χ2n) is 7.01. The molecule has 0 saturated heterocycles. The molecule has 2 aromatic rings. The number of nitrogens with zero attached hydrogens (tertiary/aromatic N) is 1. The van der Waals surface area contributed by atoms with Gasteiger partial charge in [0.25, 0.3) is 0 Å². The summed E-state index contributed by atoms with van der Waals surface area (Å²) in [5, 5.41) is 19.4. The predicted octanol–water partition coefficient (Wildman–Crippen LogP) is 0.970. The van der Waals surface area contributed by atoms with Crippen LogP contribution in [0.4, 0.5) is 17.1 Å². The molecule has 3 rings (SSSR count). The Labute approximate surface area is 179 Å². The molecule has 0 atom stereocenters. The zero-order valence-electron chi connectivity index (χ0n) is 16.6. The largest absolute Gasteiger partial charge is 0.395 e. The number of aliphatic hydroxyl groups is 1. The van der Waals surface area contributed by atoms with E-state index in [1.54, 1.807) is 42.5 Å². The standard InChI is InChI=1S/C20H23N5O5S/c21-20(22)13-1-4-15(5-2-13)23-18(27)7-8-19(28)25(9-10-26)16-6-3-14-12-31(29,30)24-17(14)11-16/h1-6,11,24,26H,7-10,12H2,(H3,21,22)(H,23,27). The molecule has 31 heavy (non-hydrogen) atoms. The molecule has 0 radical (unpaired) electrons. The molecule has 1 aliphatic heterocycles. The molecule has 1 heterocycles. The van der Waals surface area contributed by atoms with Crippen molar-refractivity contribution in [2.75, 3.05) is 28.1 Å². The SMILES string of the molecule is N=C(N)c1ccc(NC(=O)CCC(=O)N(CCO)c2ccc3c(c2)NS(=O)(=O)C3)cc1. The summed E-state index contributed by atoms with van der Waals surface area (Å²) in [4.78, 5) is 26.2. The van der Waals surface area contributed by atoms with Crippen LogP contribution in [0, 0.1) is 5.41 Å². The molecule has 11 heteroatoms. The normalized spacial score (nSPS) is 13.7. The lowest BCUT2D eigenvalue weighted by Gasteiger charge is -2.22. The van der Waals surface area contributed by atoms with Gasteiger partial charge in [-0.3, -0.25) is 19.7 Å². The minimum atomic E-state index is -3.41. The van der Waals surface area contributed by atoms with Gasteiger partial charge in [-0.1, -0.05) is 6.07 Å². The van der Waals surface area contributed by atoms with Crippen molar-refractivity contribution in [3.05, 3.63) is 53.6 Å². The smallest absolute Gasteiger partial charge is 0.237 e. The van der Waals surface area contributed by atoms with Crippen molar-refractivity contribution in [1.82, 2.24) is 0 Å². The average Bonchev–Trinajstić information content (AvgIpc) is 3.03. The van der Waals surface area contributed by atoms with Crippen molar-refractivity contribution in [2.24, 2.45) is 5.73 Å². The van der Waals surface area contributed by atoms with Gasteiger partial charge in [-0.15, -0.1) is 0 Å². The maximum atomic E-state index is 12.7. The summed E-state index contributed by atoms with van der Waals surface area (Å²) >= 11 is 0. The predicted molar refractivity (Wildman–Crippen MR) is 117 cm³/mol. The van der Waals surface area contributed by atoms with Gasteiger partial charge in [0.1, 0.15) is 5.84 Å². The first-order chi connectivity index (χ1) is 14.7. The van der Waals surface area contributed by atoms with Gasteiger partial charge in [0.05, 0.1) is 18.0 Å². The summed E-state index contributed by atoms with van der Waals surface area (Å²) < 4.78 is 25.9. The Morgan fingerprint density at radius 1 is 1.16 bits per heavy atom. The maximum absolute atomic E-state index is 12.7. The van der Waals surface area contributed by atoms with Gasteiger partial charge in [-0.2, -0.15) is 0 Å². The monoisotopic (exact) mass is 445 g/mol. The number of carbonyl (C=O) groups is 2. The Morgan fingerprint density at radius 3 is 2.52 bits per heavy atom. The Morgan fingerprint density at radius 2 is 1.87 bits per heavy atom. The molecule has 0 aliphatic carbocycles. The molecule has 6 N–H and O–H groups in total. The number of nitrogens with one attached hydrogen (secondary N) is 3. The first-order valence-corrected chi connectivity index (χ1v) is 11.1. The van der Waals surface area contributed by atoms with Crippen LogP contribution in [-0.2, 0) is 25.4 Å². The summed E-state index contributed by atoms with van der Waals surface area (Å²) in [5.74, 6) is -0.942.